The van der Waals surface area contributed by atoms with Gasteiger partial charge in [0.05, 0.1) is 0 Å². The van der Waals surface area contributed by atoms with E-state index in [1.807, 2.05) is 0 Å². The van der Waals surface area contributed by atoms with Gasteiger partial charge in [-0.1, -0.05) is 45.4 Å². The van der Waals surface area contributed by atoms with Gasteiger partial charge < -0.3 is 0 Å². The molecule has 0 aromatic heterocycles. The summed E-state index contributed by atoms with van der Waals surface area (Å²) in [6.07, 6.45) is 4.93. The molecule has 0 saturated heterocycles. The predicted octanol–water partition coefficient (Wildman–Crippen LogP) is 4.34. The van der Waals surface area contributed by atoms with Crippen LogP contribution in [-0.4, -0.2) is 0 Å². The molecule has 0 heterocycles. The molecule has 0 spiro atoms. The molecule has 0 heteroatoms. The van der Waals surface area contributed by atoms with Crippen LogP contribution in [0.5, 0.6) is 0 Å². The lowest BCUT2D eigenvalue weighted by Gasteiger charge is -2.09. The fourth-order valence-electron chi connectivity index (χ4n) is 1.56. The average Bonchev–Trinajstić information content (AvgIpc) is 2.25. The molecule has 77 valence electrons. The zero-order valence-electron chi connectivity index (χ0n) is 9.64. The number of hydrogen-bond donors (Lipinski definition) is 0. The topological polar surface area (TPSA) is 0 Å². The van der Waals surface area contributed by atoms with E-state index in [2.05, 4.69) is 45.0 Å². The second kappa shape index (κ2) is 5.85. The number of aryl methyl sites for hydroxylation is 1. The quantitative estimate of drug-likeness (QED) is 0.646. The largest absolute Gasteiger partial charge is 0.0654 e. The first-order valence-corrected chi connectivity index (χ1v) is 5.79. The molecule has 1 rings (SSSR count). The van der Waals surface area contributed by atoms with Crippen molar-refractivity contribution in [1.29, 1.82) is 0 Å². The second-order valence-corrected chi connectivity index (χ2v) is 4.04. The molecule has 0 bridgehead atoms. The van der Waals surface area contributed by atoms with E-state index < -0.39 is 0 Å². The van der Waals surface area contributed by atoms with Gasteiger partial charge in [0.25, 0.3) is 0 Å². The Kier molecular flexibility index (Phi) is 4.72. The molecule has 1 unspecified atom stereocenters. The summed E-state index contributed by atoms with van der Waals surface area (Å²) in [5.41, 5.74) is 2.76. The fourth-order valence-corrected chi connectivity index (χ4v) is 1.56. The molecule has 0 N–H and O–H groups in total. The van der Waals surface area contributed by atoms with Crippen LogP contribution in [0.15, 0.2) is 18.2 Å². The summed E-state index contributed by atoms with van der Waals surface area (Å²) >= 11 is 0. The van der Waals surface area contributed by atoms with Gasteiger partial charge in [0.1, 0.15) is 0 Å². The molecule has 0 saturated carbocycles. The summed E-state index contributed by atoms with van der Waals surface area (Å²) in [5, 5.41) is 0. The summed E-state index contributed by atoms with van der Waals surface area (Å²) in [5.74, 6) is 0.650. The van der Waals surface area contributed by atoms with E-state index in [0.29, 0.717) is 5.92 Å². The van der Waals surface area contributed by atoms with Crippen LogP contribution >= 0.6 is 0 Å². The third-order valence-corrected chi connectivity index (χ3v) is 2.82. The summed E-state index contributed by atoms with van der Waals surface area (Å²) in [6.45, 7) is 6.74. The van der Waals surface area contributed by atoms with E-state index in [4.69, 9.17) is 0 Å². The Hall–Kier alpha value is -0.780. The Morgan fingerprint density at radius 3 is 2.71 bits per heavy atom. The van der Waals surface area contributed by atoms with E-state index >= 15 is 0 Å². The summed E-state index contributed by atoms with van der Waals surface area (Å²) < 4.78 is 0. The summed E-state index contributed by atoms with van der Waals surface area (Å²) in [7, 11) is 0. The Morgan fingerprint density at radius 2 is 2.07 bits per heavy atom. The minimum atomic E-state index is 0.650. The van der Waals surface area contributed by atoms with Crippen molar-refractivity contribution >= 4 is 0 Å². The van der Waals surface area contributed by atoms with Crippen molar-refractivity contribution in [2.45, 2.75) is 52.4 Å². The zero-order chi connectivity index (χ0) is 10.4. The minimum Gasteiger partial charge on any atom is -0.0654 e. The van der Waals surface area contributed by atoms with Gasteiger partial charge >= 0.3 is 0 Å². The summed E-state index contributed by atoms with van der Waals surface area (Å²) in [4.78, 5) is 0. The molecule has 1 radical (unpaired) electrons. The number of hydrogen-bond acceptors (Lipinski definition) is 0. The van der Waals surface area contributed by atoms with E-state index in [1.165, 1.54) is 36.8 Å². The van der Waals surface area contributed by atoms with Crippen molar-refractivity contribution < 1.29 is 0 Å². The Balaban J connectivity index is 2.68. The lowest BCUT2D eigenvalue weighted by Crippen LogP contribution is -1.94. The van der Waals surface area contributed by atoms with Gasteiger partial charge in [-0.15, -0.1) is 0 Å². The fraction of sp³-hybridized carbons (Fsp3) is 0.571. The maximum Gasteiger partial charge on any atom is -0.0111 e. The van der Waals surface area contributed by atoms with Gasteiger partial charge in [0, 0.05) is 0 Å². The number of unbranched alkanes of at least 4 members (excludes halogenated alkanes) is 1. The lowest BCUT2D eigenvalue weighted by atomic mass is 9.95. The first-order valence-electron chi connectivity index (χ1n) is 5.79. The highest BCUT2D eigenvalue weighted by atomic mass is 14.1. The molecule has 0 aliphatic rings. The van der Waals surface area contributed by atoms with Crippen LogP contribution in [0.3, 0.4) is 0 Å². The highest BCUT2D eigenvalue weighted by Gasteiger charge is 2.03. The van der Waals surface area contributed by atoms with Gasteiger partial charge in [0.15, 0.2) is 0 Å². The van der Waals surface area contributed by atoms with E-state index in [1.54, 1.807) is 0 Å². The summed E-state index contributed by atoms with van der Waals surface area (Å²) in [6, 6.07) is 10.1. The third kappa shape index (κ3) is 3.17. The van der Waals surface area contributed by atoms with Gasteiger partial charge in [-0.3, -0.25) is 0 Å². The highest BCUT2D eigenvalue weighted by molar-refractivity contribution is 5.24. The van der Waals surface area contributed by atoms with Crippen LogP contribution in [-0.2, 0) is 6.42 Å². The van der Waals surface area contributed by atoms with E-state index in [9.17, 15) is 0 Å². The smallest absolute Gasteiger partial charge is 0.0111 e. The van der Waals surface area contributed by atoms with Crippen molar-refractivity contribution in [3.05, 3.63) is 35.4 Å². The molecule has 1 aromatic carbocycles. The van der Waals surface area contributed by atoms with E-state index in [0.717, 1.165) is 0 Å². The zero-order valence-corrected chi connectivity index (χ0v) is 9.64. The van der Waals surface area contributed by atoms with Crippen molar-refractivity contribution in [2.24, 2.45) is 0 Å². The molecular formula is C14H21. The van der Waals surface area contributed by atoms with Crippen LogP contribution in [0.4, 0.5) is 0 Å². The monoisotopic (exact) mass is 189 g/mol. The standard InChI is InChI=1S/C14H21/c1-4-6-8-13-9-7-10-14(11-13)12(3)5-2/h7,9-10,12H,4-6,8H2,1-3H3. The number of rotatable bonds is 5. The van der Waals surface area contributed by atoms with Gasteiger partial charge in [-0.05, 0) is 42.4 Å². The van der Waals surface area contributed by atoms with Gasteiger partial charge in [-0.25, -0.2) is 0 Å². The normalized spacial score (nSPS) is 12.8. The SMILES string of the molecule is CCCCc1[c]c(C(C)CC)ccc1. The average molecular weight is 189 g/mol. The van der Waals surface area contributed by atoms with Gasteiger partial charge in [0.2, 0.25) is 0 Å². The van der Waals surface area contributed by atoms with Gasteiger partial charge in [-0.2, -0.15) is 0 Å². The molecule has 1 atom stereocenters. The van der Waals surface area contributed by atoms with Crippen LogP contribution in [0.1, 0.15) is 57.1 Å². The van der Waals surface area contributed by atoms with Crippen molar-refractivity contribution in [3.8, 4) is 0 Å². The molecule has 0 amide bonds. The molecule has 0 fully saturated rings. The van der Waals surface area contributed by atoms with Crippen LogP contribution < -0.4 is 0 Å². The first kappa shape index (κ1) is 11.3. The molecule has 0 aliphatic heterocycles. The van der Waals surface area contributed by atoms with Crippen molar-refractivity contribution in [3.63, 3.8) is 0 Å². The van der Waals surface area contributed by atoms with Crippen LogP contribution in [0, 0.1) is 6.07 Å². The highest BCUT2D eigenvalue weighted by Crippen LogP contribution is 2.19. The van der Waals surface area contributed by atoms with Crippen LogP contribution in [0.25, 0.3) is 0 Å². The Labute approximate surface area is 88.4 Å². The number of benzene rings is 1. The minimum absolute atomic E-state index is 0.650. The van der Waals surface area contributed by atoms with E-state index in [-0.39, 0.29) is 0 Å². The molecule has 0 aliphatic carbocycles. The first-order chi connectivity index (χ1) is 6.77. The Bertz CT molecular complexity index is 262. The van der Waals surface area contributed by atoms with Crippen molar-refractivity contribution in [2.75, 3.05) is 0 Å². The molecular weight excluding hydrogens is 168 g/mol. The molecule has 0 nitrogen and oxygen atoms in total. The van der Waals surface area contributed by atoms with Crippen molar-refractivity contribution in [1.82, 2.24) is 0 Å². The third-order valence-electron chi connectivity index (χ3n) is 2.82. The van der Waals surface area contributed by atoms with Crippen LogP contribution in [0.2, 0.25) is 0 Å². The second-order valence-electron chi connectivity index (χ2n) is 4.04. The predicted molar refractivity (Wildman–Crippen MR) is 62.6 cm³/mol. The maximum atomic E-state index is 3.53. The molecule has 1 aromatic rings. The lowest BCUT2D eigenvalue weighted by molar-refractivity contribution is 0.727. The maximum absolute atomic E-state index is 3.53. The molecule has 14 heavy (non-hydrogen) atoms. The Morgan fingerprint density at radius 1 is 1.29 bits per heavy atom.